The lowest BCUT2D eigenvalue weighted by molar-refractivity contribution is 0.0797. The van der Waals surface area contributed by atoms with Gasteiger partial charge in [0.05, 0.1) is 6.07 Å². The van der Waals surface area contributed by atoms with Crippen molar-refractivity contribution in [3.8, 4) is 6.07 Å². The minimum absolute atomic E-state index is 0.116. The van der Waals surface area contributed by atoms with Gasteiger partial charge in [0.1, 0.15) is 6.04 Å². The second-order valence-electron chi connectivity index (χ2n) is 5.29. The monoisotopic (exact) mass is 243 g/mol. The van der Waals surface area contributed by atoms with Crippen LogP contribution in [0.3, 0.4) is 0 Å². The van der Waals surface area contributed by atoms with E-state index in [-0.39, 0.29) is 6.04 Å². The number of benzene rings is 1. The van der Waals surface area contributed by atoms with Gasteiger partial charge in [-0.1, -0.05) is 29.8 Å². The molecular weight excluding hydrogens is 222 g/mol. The standard InChI is InChI=1S/C15H21N3/c1-12-4-6-14(7-5-12)15(10-16)18-9-8-17(3)11-13(18)2/h4-7,13,15H,8-9,11H2,1-3H3. The molecule has 0 radical (unpaired) electrons. The zero-order valence-corrected chi connectivity index (χ0v) is 11.4. The average molecular weight is 243 g/mol. The number of piperazine rings is 1. The zero-order valence-electron chi connectivity index (χ0n) is 11.4. The SMILES string of the molecule is Cc1ccc(C(C#N)N2CCN(C)CC2C)cc1. The van der Waals surface area contributed by atoms with Crippen molar-refractivity contribution in [3.05, 3.63) is 35.4 Å². The maximum atomic E-state index is 9.48. The Labute approximate surface area is 110 Å². The van der Waals surface area contributed by atoms with Crippen LogP contribution in [0.1, 0.15) is 24.1 Å². The van der Waals surface area contributed by atoms with E-state index in [9.17, 15) is 5.26 Å². The molecule has 1 aliphatic rings. The molecule has 2 rings (SSSR count). The number of hydrogen-bond acceptors (Lipinski definition) is 3. The predicted octanol–water partition coefficient (Wildman–Crippen LogP) is 2.20. The van der Waals surface area contributed by atoms with Gasteiger partial charge in [0.15, 0.2) is 0 Å². The molecule has 0 saturated carbocycles. The van der Waals surface area contributed by atoms with Gasteiger partial charge in [0.2, 0.25) is 0 Å². The van der Waals surface area contributed by atoms with Crippen LogP contribution < -0.4 is 0 Å². The Morgan fingerprint density at radius 2 is 1.94 bits per heavy atom. The van der Waals surface area contributed by atoms with Gasteiger partial charge in [-0.25, -0.2) is 0 Å². The highest BCUT2D eigenvalue weighted by Gasteiger charge is 2.28. The Morgan fingerprint density at radius 1 is 1.28 bits per heavy atom. The summed E-state index contributed by atoms with van der Waals surface area (Å²) >= 11 is 0. The van der Waals surface area contributed by atoms with Crippen LogP contribution in [0.2, 0.25) is 0 Å². The van der Waals surface area contributed by atoms with Crippen molar-refractivity contribution >= 4 is 0 Å². The molecule has 1 aliphatic heterocycles. The van der Waals surface area contributed by atoms with Gasteiger partial charge in [-0.05, 0) is 26.5 Å². The van der Waals surface area contributed by atoms with Gasteiger partial charge in [-0.2, -0.15) is 5.26 Å². The summed E-state index contributed by atoms with van der Waals surface area (Å²) in [5.74, 6) is 0. The summed E-state index contributed by atoms with van der Waals surface area (Å²) in [5.41, 5.74) is 2.35. The number of hydrogen-bond donors (Lipinski definition) is 0. The van der Waals surface area contributed by atoms with E-state index in [1.54, 1.807) is 0 Å². The molecule has 0 aromatic heterocycles. The summed E-state index contributed by atoms with van der Waals surface area (Å²) in [6, 6.07) is 11.1. The molecule has 1 aromatic carbocycles. The average Bonchev–Trinajstić information content (AvgIpc) is 2.35. The molecular formula is C15H21N3. The van der Waals surface area contributed by atoms with Crippen molar-refractivity contribution in [3.63, 3.8) is 0 Å². The molecule has 18 heavy (non-hydrogen) atoms. The van der Waals surface area contributed by atoms with Crippen LogP contribution >= 0.6 is 0 Å². The molecule has 1 saturated heterocycles. The normalized spacial score (nSPS) is 23.6. The van der Waals surface area contributed by atoms with Gasteiger partial charge in [0, 0.05) is 25.7 Å². The van der Waals surface area contributed by atoms with E-state index in [4.69, 9.17) is 0 Å². The lowest BCUT2D eigenvalue weighted by Gasteiger charge is -2.40. The molecule has 1 aromatic rings. The maximum absolute atomic E-state index is 9.48. The lowest BCUT2D eigenvalue weighted by atomic mass is 10.0. The first kappa shape index (κ1) is 13.1. The number of likely N-dealkylation sites (N-methyl/N-ethyl adjacent to an activating group) is 1. The van der Waals surface area contributed by atoms with E-state index < -0.39 is 0 Å². The molecule has 0 aliphatic carbocycles. The van der Waals surface area contributed by atoms with Crippen LogP contribution in [-0.4, -0.2) is 42.5 Å². The highest BCUT2D eigenvalue weighted by molar-refractivity contribution is 5.28. The molecule has 3 heteroatoms. The molecule has 0 N–H and O–H groups in total. The number of nitrogens with zero attached hydrogens (tertiary/aromatic N) is 3. The first-order valence-electron chi connectivity index (χ1n) is 6.52. The van der Waals surface area contributed by atoms with Crippen LogP contribution in [-0.2, 0) is 0 Å². The van der Waals surface area contributed by atoms with Crippen LogP contribution in [0.4, 0.5) is 0 Å². The van der Waals surface area contributed by atoms with E-state index in [2.05, 4.69) is 61.0 Å². The van der Waals surface area contributed by atoms with Gasteiger partial charge in [0.25, 0.3) is 0 Å². The highest BCUT2D eigenvalue weighted by Crippen LogP contribution is 2.24. The van der Waals surface area contributed by atoms with Crippen LogP contribution in [0.15, 0.2) is 24.3 Å². The fourth-order valence-electron chi connectivity index (χ4n) is 2.63. The molecule has 0 bridgehead atoms. The van der Waals surface area contributed by atoms with E-state index in [0.29, 0.717) is 6.04 Å². The van der Waals surface area contributed by atoms with E-state index in [1.807, 2.05) is 0 Å². The Hall–Kier alpha value is -1.37. The molecule has 96 valence electrons. The number of aryl methyl sites for hydroxylation is 1. The Balaban J connectivity index is 2.19. The number of nitriles is 1. The van der Waals surface area contributed by atoms with Crippen molar-refractivity contribution < 1.29 is 0 Å². The first-order chi connectivity index (χ1) is 8.61. The summed E-state index contributed by atoms with van der Waals surface area (Å²) in [7, 11) is 2.14. The molecule has 1 fully saturated rings. The van der Waals surface area contributed by atoms with E-state index in [0.717, 1.165) is 25.2 Å². The lowest BCUT2D eigenvalue weighted by Crippen LogP contribution is -2.51. The van der Waals surface area contributed by atoms with Gasteiger partial charge in [-0.15, -0.1) is 0 Å². The molecule has 0 amide bonds. The summed E-state index contributed by atoms with van der Waals surface area (Å²) < 4.78 is 0. The molecule has 2 atom stereocenters. The van der Waals surface area contributed by atoms with Crippen LogP contribution in [0, 0.1) is 18.3 Å². The van der Waals surface area contributed by atoms with Crippen molar-refractivity contribution in [2.75, 3.05) is 26.7 Å². The summed E-state index contributed by atoms with van der Waals surface area (Å²) in [5, 5.41) is 9.48. The van der Waals surface area contributed by atoms with Crippen LogP contribution in [0.25, 0.3) is 0 Å². The fourth-order valence-corrected chi connectivity index (χ4v) is 2.63. The predicted molar refractivity (Wildman–Crippen MR) is 73.2 cm³/mol. The minimum Gasteiger partial charge on any atom is -0.304 e. The summed E-state index contributed by atoms with van der Waals surface area (Å²) in [6.45, 7) is 7.31. The molecule has 3 nitrogen and oxygen atoms in total. The first-order valence-corrected chi connectivity index (χ1v) is 6.52. The third kappa shape index (κ3) is 2.72. The van der Waals surface area contributed by atoms with Crippen LogP contribution in [0.5, 0.6) is 0 Å². The molecule has 1 heterocycles. The smallest absolute Gasteiger partial charge is 0.124 e. The van der Waals surface area contributed by atoms with E-state index >= 15 is 0 Å². The van der Waals surface area contributed by atoms with Crippen molar-refractivity contribution in [1.82, 2.24) is 9.80 Å². The largest absolute Gasteiger partial charge is 0.304 e. The third-order valence-corrected chi connectivity index (χ3v) is 3.73. The highest BCUT2D eigenvalue weighted by atomic mass is 15.3. The van der Waals surface area contributed by atoms with Crippen molar-refractivity contribution in [2.45, 2.75) is 25.9 Å². The third-order valence-electron chi connectivity index (χ3n) is 3.73. The topological polar surface area (TPSA) is 30.3 Å². The van der Waals surface area contributed by atoms with Gasteiger partial charge >= 0.3 is 0 Å². The quantitative estimate of drug-likeness (QED) is 0.797. The zero-order chi connectivity index (χ0) is 13.1. The summed E-state index contributed by atoms with van der Waals surface area (Å²) in [6.07, 6.45) is 0. The van der Waals surface area contributed by atoms with Gasteiger partial charge in [-0.3, -0.25) is 4.90 Å². The van der Waals surface area contributed by atoms with Crippen molar-refractivity contribution in [1.29, 1.82) is 5.26 Å². The maximum Gasteiger partial charge on any atom is 0.124 e. The minimum atomic E-state index is -0.116. The Kier molecular flexibility index (Phi) is 4.00. The van der Waals surface area contributed by atoms with Crippen molar-refractivity contribution in [2.24, 2.45) is 0 Å². The second kappa shape index (κ2) is 5.51. The second-order valence-corrected chi connectivity index (χ2v) is 5.29. The number of rotatable bonds is 2. The van der Waals surface area contributed by atoms with E-state index in [1.165, 1.54) is 5.56 Å². The fraction of sp³-hybridized carbons (Fsp3) is 0.533. The Morgan fingerprint density at radius 3 is 2.50 bits per heavy atom. The van der Waals surface area contributed by atoms with Gasteiger partial charge < -0.3 is 4.90 Å². The molecule has 2 unspecified atom stereocenters. The molecule has 0 spiro atoms. The Bertz CT molecular complexity index is 432. The summed E-state index contributed by atoms with van der Waals surface area (Å²) in [4.78, 5) is 4.63.